The Morgan fingerprint density at radius 3 is 2.94 bits per heavy atom. The summed E-state index contributed by atoms with van der Waals surface area (Å²) in [6, 6.07) is 6.04. The van der Waals surface area contributed by atoms with Gasteiger partial charge < -0.3 is 10.1 Å². The van der Waals surface area contributed by atoms with Crippen LogP contribution in [0.15, 0.2) is 48.7 Å². The smallest absolute Gasteiger partial charge is 0.123 e. The second kappa shape index (κ2) is 3.42. The van der Waals surface area contributed by atoms with Gasteiger partial charge in [0.05, 0.1) is 0 Å². The molecule has 1 aliphatic rings. The average molecular weight is 209 g/mol. The van der Waals surface area contributed by atoms with Crippen molar-refractivity contribution in [1.29, 1.82) is 0 Å². The van der Waals surface area contributed by atoms with Crippen LogP contribution < -0.4 is 0 Å². The molecule has 2 aromatic rings. The fourth-order valence-electron chi connectivity index (χ4n) is 1.94. The highest BCUT2D eigenvalue weighted by molar-refractivity contribution is 5.88. The summed E-state index contributed by atoms with van der Waals surface area (Å²) >= 11 is 0. The van der Waals surface area contributed by atoms with Gasteiger partial charge in [0.1, 0.15) is 5.76 Å². The van der Waals surface area contributed by atoms with Gasteiger partial charge in [-0.2, -0.15) is 0 Å². The molecule has 0 amide bonds. The van der Waals surface area contributed by atoms with Crippen LogP contribution in [0.4, 0.5) is 0 Å². The number of hydrogen-bond donors (Lipinski definition) is 2. The Bertz CT molecular complexity index is 629. The van der Waals surface area contributed by atoms with Crippen molar-refractivity contribution in [1.82, 2.24) is 4.98 Å². The number of allylic oxidation sites excluding steroid dienone is 4. The van der Waals surface area contributed by atoms with E-state index in [0.29, 0.717) is 5.76 Å². The molecule has 2 heteroatoms. The number of rotatable bonds is 0. The first-order chi connectivity index (χ1) is 7.84. The first-order valence-electron chi connectivity index (χ1n) is 5.20. The Hall–Kier alpha value is -2.22. The van der Waals surface area contributed by atoms with Crippen LogP contribution >= 0.6 is 0 Å². The van der Waals surface area contributed by atoms with Crippen molar-refractivity contribution in [2.75, 3.05) is 0 Å². The summed E-state index contributed by atoms with van der Waals surface area (Å²) in [5.74, 6) is 0.304. The lowest BCUT2D eigenvalue weighted by molar-refractivity contribution is 0.512. The number of aliphatic hydroxyl groups excluding tert-OH is 1. The average Bonchev–Trinajstić information content (AvgIpc) is 2.71. The second-order valence-corrected chi connectivity index (χ2v) is 3.80. The first kappa shape index (κ1) is 9.04. The monoisotopic (exact) mass is 209 g/mol. The van der Waals surface area contributed by atoms with Gasteiger partial charge in [-0.3, -0.25) is 0 Å². The lowest BCUT2D eigenvalue weighted by atomic mass is 10.0. The fourth-order valence-corrected chi connectivity index (χ4v) is 1.94. The number of H-pyrrole nitrogens is 1. The SMILES string of the molecule is O/C1=C/C=C\C=C/c2cc3[nH]ccc3cc21. The van der Waals surface area contributed by atoms with Crippen LogP contribution in [-0.4, -0.2) is 10.1 Å². The summed E-state index contributed by atoms with van der Waals surface area (Å²) in [6.07, 6.45) is 11.3. The molecule has 0 saturated heterocycles. The van der Waals surface area contributed by atoms with Gasteiger partial charge in [-0.05, 0) is 29.8 Å². The van der Waals surface area contributed by atoms with Gasteiger partial charge >= 0.3 is 0 Å². The minimum atomic E-state index is 0.304. The quantitative estimate of drug-likeness (QED) is 0.682. The molecule has 0 saturated carbocycles. The van der Waals surface area contributed by atoms with E-state index in [9.17, 15) is 5.11 Å². The fraction of sp³-hybridized carbons (Fsp3) is 0. The molecular weight excluding hydrogens is 198 g/mol. The van der Waals surface area contributed by atoms with Gasteiger partial charge in [-0.25, -0.2) is 0 Å². The second-order valence-electron chi connectivity index (χ2n) is 3.80. The summed E-state index contributed by atoms with van der Waals surface area (Å²) in [6.45, 7) is 0. The molecule has 0 spiro atoms. The van der Waals surface area contributed by atoms with Crippen LogP contribution in [-0.2, 0) is 0 Å². The van der Waals surface area contributed by atoms with E-state index >= 15 is 0 Å². The van der Waals surface area contributed by atoms with Gasteiger partial charge in [-0.15, -0.1) is 0 Å². The third-order valence-corrected chi connectivity index (χ3v) is 2.75. The molecule has 1 aliphatic carbocycles. The van der Waals surface area contributed by atoms with Crippen molar-refractivity contribution in [2.24, 2.45) is 0 Å². The third kappa shape index (κ3) is 1.36. The largest absolute Gasteiger partial charge is 0.507 e. The van der Waals surface area contributed by atoms with E-state index in [-0.39, 0.29) is 0 Å². The summed E-state index contributed by atoms with van der Waals surface area (Å²) < 4.78 is 0. The van der Waals surface area contributed by atoms with Crippen molar-refractivity contribution < 1.29 is 5.11 Å². The van der Waals surface area contributed by atoms with Crippen LogP contribution in [0, 0.1) is 0 Å². The van der Waals surface area contributed by atoms with Gasteiger partial charge in [0.25, 0.3) is 0 Å². The lowest BCUT2D eigenvalue weighted by Gasteiger charge is -2.07. The van der Waals surface area contributed by atoms with E-state index in [0.717, 1.165) is 22.0 Å². The predicted molar refractivity (Wildman–Crippen MR) is 67.1 cm³/mol. The number of hydrogen-bond acceptors (Lipinski definition) is 1. The van der Waals surface area contributed by atoms with Gasteiger partial charge in [-0.1, -0.05) is 24.3 Å². The van der Waals surface area contributed by atoms with Crippen LogP contribution in [0.2, 0.25) is 0 Å². The number of benzene rings is 1. The maximum absolute atomic E-state index is 9.93. The minimum absolute atomic E-state index is 0.304. The Kier molecular flexibility index (Phi) is 1.93. The molecule has 2 N–H and O–H groups in total. The predicted octanol–water partition coefficient (Wildman–Crippen LogP) is 3.65. The number of fused-ring (bicyclic) bond motifs is 2. The van der Waals surface area contributed by atoms with Gasteiger partial charge in [0, 0.05) is 22.7 Å². The zero-order chi connectivity index (χ0) is 11.0. The highest BCUT2D eigenvalue weighted by atomic mass is 16.3. The standard InChI is InChI=1S/C14H11NO/c16-14-5-3-1-2-4-10-9-13-11(6-7-15-13)8-12(10)14/h1-9,15-16H/b2-1?,3-1-,4-2-,5-3?,10-4?,14-5+,14-12?. The molecular formula is C14H11NO. The molecule has 3 rings (SSSR count). The molecule has 0 fully saturated rings. The Morgan fingerprint density at radius 2 is 2.00 bits per heavy atom. The molecule has 2 nitrogen and oxygen atoms in total. The highest BCUT2D eigenvalue weighted by Gasteiger charge is 2.07. The molecule has 1 aromatic heterocycles. The van der Waals surface area contributed by atoms with Crippen molar-refractivity contribution in [3.8, 4) is 0 Å². The lowest BCUT2D eigenvalue weighted by Crippen LogP contribution is -1.89. The van der Waals surface area contributed by atoms with Crippen molar-refractivity contribution in [3.05, 3.63) is 59.8 Å². The van der Waals surface area contributed by atoms with Crippen LogP contribution in [0.5, 0.6) is 0 Å². The van der Waals surface area contributed by atoms with E-state index in [2.05, 4.69) is 4.98 Å². The molecule has 0 radical (unpaired) electrons. The molecule has 0 atom stereocenters. The van der Waals surface area contributed by atoms with E-state index in [1.165, 1.54) is 0 Å². The van der Waals surface area contributed by atoms with E-state index in [4.69, 9.17) is 0 Å². The first-order valence-corrected chi connectivity index (χ1v) is 5.20. The minimum Gasteiger partial charge on any atom is -0.507 e. The Balaban J connectivity index is 2.34. The number of nitrogens with one attached hydrogen (secondary N) is 1. The number of aromatic amines is 1. The molecule has 1 heterocycles. The van der Waals surface area contributed by atoms with Crippen LogP contribution in [0.1, 0.15) is 11.1 Å². The van der Waals surface area contributed by atoms with Crippen LogP contribution in [0.25, 0.3) is 22.7 Å². The maximum atomic E-state index is 9.93. The third-order valence-electron chi connectivity index (χ3n) is 2.75. The molecule has 16 heavy (non-hydrogen) atoms. The molecule has 0 unspecified atom stereocenters. The van der Waals surface area contributed by atoms with Crippen LogP contribution in [0.3, 0.4) is 0 Å². The summed E-state index contributed by atoms with van der Waals surface area (Å²) in [7, 11) is 0. The topological polar surface area (TPSA) is 36.0 Å². The van der Waals surface area contributed by atoms with Crippen molar-refractivity contribution in [3.63, 3.8) is 0 Å². The molecule has 0 bridgehead atoms. The highest BCUT2D eigenvalue weighted by Crippen LogP contribution is 2.25. The number of aliphatic hydroxyl groups is 1. The number of aromatic nitrogens is 1. The summed E-state index contributed by atoms with van der Waals surface area (Å²) in [4.78, 5) is 3.17. The van der Waals surface area contributed by atoms with Gasteiger partial charge in [0.15, 0.2) is 0 Å². The van der Waals surface area contributed by atoms with Crippen molar-refractivity contribution in [2.45, 2.75) is 0 Å². The normalized spacial score (nSPS) is 21.6. The zero-order valence-electron chi connectivity index (χ0n) is 8.64. The molecule has 1 aromatic carbocycles. The van der Waals surface area contributed by atoms with Gasteiger partial charge in [0.2, 0.25) is 0 Å². The Morgan fingerprint density at radius 1 is 1.06 bits per heavy atom. The maximum Gasteiger partial charge on any atom is 0.123 e. The van der Waals surface area contributed by atoms with Crippen molar-refractivity contribution >= 4 is 22.7 Å². The summed E-state index contributed by atoms with van der Waals surface area (Å²) in [5, 5.41) is 11.0. The summed E-state index contributed by atoms with van der Waals surface area (Å²) in [5.41, 5.74) is 2.97. The Labute approximate surface area is 93.2 Å². The van der Waals surface area contributed by atoms with E-state index in [1.54, 1.807) is 6.08 Å². The zero-order valence-corrected chi connectivity index (χ0v) is 8.64. The van der Waals surface area contributed by atoms with E-state index in [1.807, 2.05) is 48.7 Å². The van der Waals surface area contributed by atoms with E-state index < -0.39 is 0 Å². The molecule has 78 valence electrons. The molecule has 0 aliphatic heterocycles.